The van der Waals surface area contributed by atoms with Crippen LogP contribution in [0.25, 0.3) is 0 Å². The van der Waals surface area contributed by atoms with Gasteiger partial charge >= 0.3 is 0 Å². The lowest BCUT2D eigenvalue weighted by molar-refractivity contribution is 0.786. The maximum absolute atomic E-state index is 4.27. The van der Waals surface area contributed by atoms with Gasteiger partial charge in [-0.2, -0.15) is 0 Å². The van der Waals surface area contributed by atoms with E-state index in [1.807, 2.05) is 25.1 Å². The zero-order chi connectivity index (χ0) is 9.80. The summed E-state index contributed by atoms with van der Waals surface area (Å²) >= 11 is 1.67. The van der Waals surface area contributed by atoms with Crippen molar-refractivity contribution >= 4 is 11.3 Å². The molecule has 0 bridgehead atoms. The highest BCUT2D eigenvalue weighted by Crippen LogP contribution is 2.08. The van der Waals surface area contributed by atoms with Gasteiger partial charge in [-0.25, -0.2) is 4.98 Å². The van der Waals surface area contributed by atoms with Crippen LogP contribution >= 0.6 is 11.3 Å². The van der Waals surface area contributed by atoms with Crippen molar-refractivity contribution in [3.8, 4) is 0 Å². The van der Waals surface area contributed by atoms with Gasteiger partial charge in [-0.15, -0.1) is 11.3 Å². The van der Waals surface area contributed by atoms with Crippen LogP contribution in [0.3, 0.4) is 0 Å². The molecular weight excluding hydrogens is 196 g/mol. The van der Waals surface area contributed by atoms with E-state index in [1.165, 1.54) is 4.88 Å². The minimum Gasteiger partial charge on any atom is -0.332 e. The van der Waals surface area contributed by atoms with Gasteiger partial charge in [-0.05, 0) is 7.05 Å². The highest BCUT2D eigenvalue weighted by Gasteiger charge is 1.99. The summed E-state index contributed by atoms with van der Waals surface area (Å²) in [5, 5.41) is 3.07. The van der Waals surface area contributed by atoms with Crippen LogP contribution in [0.2, 0.25) is 0 Å². The molecule has 4 nitrogen and oxygen atoms in total. The van der Waals surface area contributed by atoms with E-state index in [4.69, 9.17) is 0 Å². The lowest BCUT2D eigenvalue weighted by atomic mass is 10.5. The standard InChI is InChI=1S/C9H12N4S/c1-10-2-8-4-13(6-12-8)5-9-3-11-7-14-9/h3-4,6-7,10H,2,5H2,1H3. The van der Waals surface area contributed by atoms with Crippen LogP contribution in [0, 0.1) is 0 Å². The van der Waals surface area contributed by atoms with Gasteiger partial charge in [0, 0.05) is 23.8 Å². The van der Waals surface area contributed by atoms with Crippen molar-refractivity contribution in [2.24, 2.45) is 0 Å². The summed E-state index contributed by atoms with van der Waals surface area (Å²) in [6.07, 6.45) is 5.80. The first-order valence-electron chi connectivity index (χ1n) is 4.41. The van der Waals surface area contributed by atoms with E-state index in [0.29, 0.717) is 0 Å². The van der Waals surface area contributed by atoms with Crippen molar-refractivity contribution in [3.05, 3.63) is 34.8 Å². The lowest BCUT2D eigenvalue weighted by Gasteiger charge is -1.96. The Morgan fingerprint density at radius 3 is 3.21 bits per heavy atom. The zero-order valence-corrected chi connectivity index (χ0v) is 8.79. The van der Waals surface area contributed by atoms with Gasteiger partial charge in [0.15, 0.2) is 0 Å². The number of rotatable bonds is 4. The number of hydrogen-bond acceptors (Lipinski definition) is 4. The Kier molecular flexibility index (Phi) is 2.90. The highest BCUT2D eigenvalue weighted by molar-refractivity contribution is 7.09. The first kappa shape index (κ1) is 9.36. The summed E-state index contributed by atoms with van der Waals surface area (Å²) < 4.78 is 2.07. The van der Waals surface area contributed by atoms with E-state index >= 15 is 0 Å². The summed E-state index contributed by atoms with van der Waals surface area (Å²) in [7, 11) is 1.92. The Labute approximate surface area is 86.6 Å². The summed E-state index contributed by atoms with van der Waals surface area (Å²) in [5.41, 5.74) is 2.91. The molecule has 0 saturated carbocycles. The van der Waals surface area contributed by atoms with E-state index in [2.05, 4.69) is 26.0 Å². The molecule has 5 heteroatoms. The van der Waals surface area contributed by atoms with Gasteiger partial charge in [0.05, 0.1) is 24.1 Å². The van der Waals surface area contributed by atoms with Crippen LogP contribution < -0.4 is 5.32 Å². The number of hydrogen-bond donors (Lipinski definition) is 1. The molecule has 0 radical (unpaired) electrons. The Bertz CT molecular complexity index is 379. The maximum Gasteiger partial charge on any atom is 0.0953 e. The van der Waals surface area contributed by atoms with Gasteiger partial charge in [-0.3, -0.25) is 4.98 Å². The van der Waals surface area contributed by atoms with Crippen LogP contribution in [0.5, 0.6) is 0 Å². The third kappa shape index (κ3) is 2.18. The minimum absolute atomic E-state index is 0.815. The predicted octanol–water partition coefficient (Wildman–Crippen LogP) is 1.11. The van der Waals surface area contributed by atoms with Crippen LogP contribution in [-0.2, 0) is 13.1 Å². The smallest absolute Gasteiger partial charge is 0.0953 e. The second kappa shape index (κ2) is 4.34. The van der Waals surface area contributed by atoms with Gasteiger partial charge in [0.1, 0.15) is 0 Å². The molecule has 1 N–H and O–H groups in total. The fourth-order valence-corrected chi connectivity index (χ4v) is 1.87. The molecule has 0 atom stereocenters. The van der Waals surface area contributed by atoms with Crippen LogP contribution in [0.15, 0.2) is 24.2 Å². The molecule has 0 amide bonds. The highest BCUT2D eigenvalue weighted by atomic mass is 32.1. The largest absolute Gasteiger partial charge is 0.332 e. The maximum atomic E-state index is 4.27. The molecular formula is C9H12N4S. The molecule has 0 saturated heterocycles. The molecule has 0 unspecified atom stereocenters. The number of thiazole rings is 1. The van der Waals surface area contributed by atoms with E-state index in [9.17, 15) is 0 Å². The van der Waals surface area contributed by atoms with E-state index in [-0.39, 0.29) is 0 Å². The number of imidazole rings is 1. The predicted molar refractivity (Wildman–Crippen MR) is 56.2 cm³/mol. The molecule has 14 heavy (non-hydrogen) atoms. The second-order valence-corrected chi connectivity index (χ2v) is 4.01. The van der Waals surface area contributed by atoms with Crippen LogP contribution in [-0.4, -0.2) is 21.6 Å². The molecule has 2 aromatic heterocycles. The lowest BCUT2D eigenvalue weighted by Crippen LogP contribution is -2.05. The average molecular weight is 208 g/mol. The van der Waals surface area contributed by atoms with Gasteiger partial charge < -0.3 is 9.88 Å². The topological polar surface area (TPSA) is 42.7 Å². The van der Waals surface area contributed by atoms with Crippen molar-refractivity contribution in [2.45, 2.75) is 13.1 Å². The molecule has 0 aliphatic heterocycles. The molecule has 2 heterocycles. The first-order valence-corrected chi connectivity index (χ1v) is 5.29. The minimum atomic E-state index is 0.815. The van der Waals surface area contributed by atoms with Gasteiger partial charge in [0.25, 0.3) is 0 Å². The molecule has 0 aliphatic carbocycles. The van der Waals surface area contributed by atoms with Crippen molar-refractivity contribution < 1.29 is 0 Å². The fraction of sp³-hybridized carbons (Fsp3) is 0.333. The molecule has 2 aromatic rings. The SMILES string of the molecule is CNCc1cn(Cc2cncs2)cn1. The van der Waals surface area contributed by atoms with Gasteiger partial charge in [-0.1, -0.05) is 0 Å². The molecule has 0 spiro atoms. The van der Waals surface area contributed by atoms with Crippen molar-refractivity contribution in [1.82, 2.24) is 19.9 Å². The molecule has 0 aliphatic rings. The van der Waals surface area contributed by atoms with Crippen molar-refractivity contribution in [2.75, 3.05) is 7.05 Å². The number of nitrogens with one attached hydrogen (secondary N) is 1. The molecule has 2 rings (SSSR count). The van der Waals surface area contributed by atoms with E-state index in [1.54, 1.807) is 11.3 Å². The first-order chi connectivity index (χ1) is 6.88. The second-order valence-electron chi connectivity index (χ2n) is 3.04. The van der Waals surface area contributed by atoms with E-state index in [0.717, 1.165) is 18.8 Å². The Hall–Kier alpha value is -1.20. The molecule has 74 valence electrons. The third-order valence-electron chi connectivity index (χ3n) is 1.87. The monoisotopic (exact) mass is 208 g/mol. The summed E-state index contributed by atoms with van der Waals surface area (Å²) in [5.74, 6) is 0. The summed E-state index contributed by atoms with van der Waals surface area (Å²) in [6, 6.07) is 0. The van der Waals surface area contributed by atoms with Gasteiger partial charge in [0.2, 0.25) is 0 Å². The quantitative estimate of drug-likeness (QED) is 0.818. The summed E-state index contributed by atoms with van der Waals surface area (Å²) in [4.78, 5) is 9.55. The number of nitrogens with zero attached hydrogens (tertiary/aromatic N) is 3. The van der Waals surface area contributed by atoms with Crippen LogP contribution in [0.1, 0.15) is 10.6 Å². The molecule has 0 fully saturated rings. The Morgan fingerprint density at radius 1 is 1.57 bits per heavy atom. The summed E-state index contributed by atoms with van der Waals surface area (Å²) in [6.45, 7) is 1.68. The normalized spacial score (nSPS) is 10.6. The van der Waals surface area contributed by atoms with Crippen molar-refractivity contribution in [3.63, 3.8) is 0 Å². The van der Waals surface area contributed by atoms with E-state index < -0.39 is 0 Å². The molecule has 0 aromatic carbocycles. The van der Waals surface area contributed by atoms with Crippen LogP contribution in [0.4, 0.5) is 0 Å². The number of aromatic nitrogens is 3. The Balaban J connectivity index is 2.03. The zero-order valence-electron chi connectivity index (χ0n) is 7.97. The third-order valence-corrected chi connectivity index (χ3v) is 2.63. The Morgan fingerprint density at radius 2 is 2.50 bits per heavy atom. The average Bonchev–Trinajstić information content (AvgIpc) is 2.79. The fourth-order valence-electron chi connectivity index (χ4n) is 1.27. The van der Waals surface area contributed by atoms with Crippen molar-refractivity contribution in [1.29, 1.82) is 0 Å².